The summed E-state index contributed by atoms with van der Waals surface area (Å²) in [5, 5.41) is 31.5. The van der Waals surface area contributed by atoms with Gasteiger partial charge in [0.2, 0.25) is 0 Å². The maximum atomic E-state index is 10.5. The molecule has 2 radical (unpaired) electrons. The normalized spacial score (nSPS) is 11.5. The highest BCUT2D eigenvalue weighted by Crippen LogP contribution is 2.20. The zero-order valence-corrected chi connectivity index (χ0v) is 10.8. The zero-order valence-electron chi connectivity index (χ0n) is 8.25. The Hall–Kier alpha value is -1.00. The Bertz CT molecular complexity index is 291. The molecule has 0 amide bonds. The van der Waals surface area contributed by atoms with Crippen molar-refractivity contribution in [2.75, 3.05) is 0 Å². The van der Waals surface area contributed by atoms with E-state index in [2.05, 4.69) is 0 Å². The summed E-state index contributed by atoms with van der Waals surface area (Å²) in [6.45, 7) is 0. The largest absolute Gasteiger partial charge is 0.699 e. The number of halogens is 2. The Labute approximate surface area is 107 Å². The van der Waals surface area contributed by atoms with Crippen LogP contribution < -0.4 is 0 Å². The average molecular weight is 304 g/mol. The predicted molar refractivity (Wildman–Crippen MR) is 59.0 cm³/mol. The topological polar surface area (TPSA) is 129 Å². The van der Waals surface area contributed by atoms with Gasteiger partial charge in [0.1, 0.15) is 0 Å². The van der Waals surface area contributed by atoms with Crippen LogP contribution in [-0.4, -0.2) is 34.5 Å². The van der Waals surface area contributed by atoms with E-state index in [0.717, 1.165) is 0 Å². The molecule has 0 heterocycles. The monoisotopic (exact) mass is 303 g/mol. The van der Waals surface area contributed by atoms with Crippen LogP contribution in [0.15, 0.2) is 0 Å². The lowest BCUT2D eigenvalue weighted by Crippen LogP contribution is -2.53. The minimum absolute atomic E-state index is 0.0183. The molecule has 17 heavy (non-hydrogen) atoms. The van der Waals surface area contributed by atoms with Crippen LogP contribution >= 0.6 is 23.2 Å². The first-order valence-electron chi connectivity index (χ1n) is 4.20. The Morgan fingerprint density at radius 1 is 1.06 bits per heavy atom. The molecule has 0 N–H and O–H groups in total. The Balaban J connectivity index is 4.66. The highest BCUT2D eigenvalue weighted by molar-refractivity contribution is 6.68. The number of hydrogen-bond acceptors (Lipinski definition) is 6. The van der Waals surface area contributed by atoms with Crippen molar-refractivity contribution in [3.8, 4) is 0 Å². The molecule has 9 nitrogen and oxygen atoms in total. The fourth-order valence-electron chi connectivity index (χ4n) is 1.01. The van der Waals surface area contributed by atoms with E-state index < -0.39 is 31.4 Å². The summed E-state index contributed by atoms with van der Waals surface area (Å²) in [6.07, 6.45) is -0.870. The quantitative estimate of drug-likeness (QED) is 0.165. The lowest BCUT2D eigenvalue weighted by atomic mass is 10.2. The second-order valence-corrected chi connectivity index (χ2v) is 6.22. The molecule has 0 aromatic rings. The maximum Gasteiger partial charge on any atom is 0.699 e. The lowest BCUT2D eigenvalue weighted by molar-refractivity contribution is -0.970. The molecule has 0 aliphatic carbocycles. The van der Waals surface area contributed by atoms with Crippen molar-refractivity contribution < 1.29 is 14.8 Å². The fourth-order valence-corrected chi connectivity index (χ4v) is 2.26. The first-order chi connectivity index (χ1) is 7.75. The van der Waals surface area contributed by atoms with E-state index in [1.54, 1.807) is 0 Å². The van der Waals surface area contributed by atoms with Gasteiger partial charge in [0.15, 0.2) is 21.2 Å². The summed E-state index contributed by atoms with van der Waals surface area (Å²) < 4.78 is -0.675. The van der Waals surface area contributed by atoms with Crippen molar-refractivity contribution in [3.63, 3.8) is 0 Å². The van der Waals surface area contributed by atoms with Crippen LogP contribution in [0.5, 0.6) is 0 Å². The molecule has 0 unspecified atom stereocenters. The van der Waals surface area contributed by atoms with Crippen LogP contribution in [0.25, 0.3) is 0 Å². The van der Waals surface area contributed by atoms with Crippen LogP contribution in [-0.2, 0) is 0 Å². The molecular weight excluding hydrogens is 297 g/mol. The van der Waals surface area contributed by atoms with Gasteiger partial charge in [0, 0.05) is 0 Å². The highest BCUT2D eigenvalue weighted by Gasteiger charge is 2.69. The number of alkyl halides is 2. The number of hydrogen-bond donors (Lipinski definition) is 0. The van der Waals surface area contributed by atoms with Gasteiger partial charge >= 0.3 is 5.79 Å². The van der Waals surface area contributed by atoms with Crippen molar-refractivity contribution in [1.29, 1.82) is 0 Å². The van der Waals surface area contributed by atoms with E-state index in [-0.39, 0.29) is 22.0 Å². The third-order valence-corrected chi connectivity index (χ3v) is 3.74. The molecule has 0 atom stereocenters. The third kappa shape index (κ3) is 4.05. The molecule has 12 heteroatoms. The van der Waals surface area contributed by atoms with Crippen LogP contribution in [0.2, 0.25) is 6.04 Å². The van der Waals surface area contributed by atoms with Crippen molar-refractivity contribution in [2.45, 2.75) is 29.1 Å². The van der Waals surface area contributed by atoms with E-state index >= 15 is 0 Å². The maximum absolute atomic E-state index is 10.5. The summed E-state index contributed by atoms with van der Waals surface area (Å²) in [6, 6.07) is 0.259. The van der Waals surface area contributed by atoms with Crippen molar-refractivity contribution >= 4 is 32.7 Å². The fraction of sp³-hybridized carbons (Fsp3) is 1.00. The van der Waals surface area contributed by atoms with Crippen molar-refractivity contribution in [2.24, 2.45) is 0 Å². The van der Waals surface area contributed by atoms with Gasteiger partial charge in [-0.2, -0.15) is 0 Å². The average Bonchev–Trinajstić information content (AvgIpc) is 2.15. The van der Waals surface area contributed by atoms with Gasteiger partial charge in [-0.05, 0) is 6.42 Å². The van der Waals surface area contributed by atoms with E-state index in [1.807, 2.05) is 0 Å². The first-order valence-corrected chi connectivity index (χ1v) is 6.36. The van der Waals surface area contributed by atoms with Crippen molar-refractivity contribution in [1.82, 2.24) is 0 Å². The van der Waals surface area contributed by atoms with Crippen LogP contribution in [0.4, 0.5) is 0 Å². The molecule has 0 aromatic heterocycles. The predicted octanol–water partition coefficient (Wildman–Crippen LogP) is 1.13. The van der Waals surface area contributed by atoms with Gasteiger partial charge in [-0.25, -0.2) is 0 Å². The molecule has 0 saturated carbocycles. The number of rotatable bonds is 8. The molecule has 0 rings (SSSR count). The summed E-state index contributed by atoms with van der Waals surface area (Å²) in [5.41, 5.74) is 0. The van der Waals surface area contributed by atoms with Gasteiger partial charge in [-0.15, -0.1) is 23.2 Å². The standard InChI is InChI=1S/C5H7Cl2N3O6Si/c6-4(7)17-3-1-2-5(8(11)12,9(13)14)10(15)16/h4H,1-3H2. The molecule has 0 aromatic carbocycles. The molecule has 0 aliphatic rings. The van der Waals surface area contributed by atoms with Crippen LogP contribution in [0.3, 0.4) is 0 Å². The molecule has 0 fully saturated rings. The Morgan fingerprint density at radius 2 is 1.47 bits per heavy atom. The molecule has 0 saturated heterocycles. The molecule has 96 valence electrons. The Kier molecular flexibility index (Phi) is 6.27. The summed E-state index contributed by atoms with van der Waals surface area (Å²) in [5.74, 6) is -3.38. The summed E-state index contributed by atoms with van der Waals surface area (Å²) >= 11 is 10.8. The molecule has 0 bridgehead atoms. The minimum atomic E-state index is -3.38. The molecule has 0 aliphatic heterocycles. The summed E-state index contributed by atoms with van der Waals surface area (Å²) in [4.78, 5) is 27.0. The second kappa shape index (κ2) is 6.66. The third-order valence-electron chi connectivity index (χ3n) is 1.86. The van der Waals surface area contributed by atoms with Crippen LogP contribution in [0.1, 0.15) is 12.8 Å². The minimum Gasteiger partial charge on any atom is -0.253 e. The van der Waals surface area contributed by atoms with Gasteiger partial charge in [0.05, 0.1) is 14.0 Å². The molecule has 0 spiro atoms. The van der Waals surface area contributed by atoms with Gasteiger partial charge in [0.25, 0.3) is 0 Å². The zero-order chi connectivity index (χ0) is 13.6. The smallest absolute Gasteiger partial charge is 0.253 e. The second-order valence-electron chi connectivity index (χ2n) is 2.90. The molecular formula is C5H7Cl2N3O6Si. The summed E-state index contributed by atoms with van der Waals surface area (Å²) in [7, 11) is 0.0183. The van der Waals surface area contributed by atoms with Gasteiger partial charge < -0.3 is 0 Å². The van der Waals surface area contributed by atoms with E-state index in [9.17, 15) is 30.3 Å². The lowest BCUT2D eigenvalue weighted by Gasteiger charge is -2.08. The first kappa shape index (κ1) is 16.0. The number of nitro groups is 3. The van der Waals surface area contributed by atoms with Gasteiger partial charge in [-0.1, -0.05) is 6.04 Å². The van der Waals surface area contributed by atoms with Gasteiger partial charge in [-0.3, -0.25) is 30.3 Å². The van der Waals surface area contributed by atoms with Crippen molar-refractivity contribution in [3.05, 3.63) is 30.3 Å². The number of nitrogens with zero attached hydrogens (tertiary/aromatic N) is 3. The SMILES string of the molecule is O=[N+]([O-])C(CCC[Si]C(Cl)Cl)([N+](=O)[O-])[N+](=O)[O-]. The van der Waals surface area contributed by atoms with E-state index in [0.29, 0.717) is 0 Å². The van der Waals surface area contributed by atoms with E-state index in [1.165, 1.54) is 0 Å². The highest BCUT2D eigenvalue weighted by atomic mass is 35.5. The van der Waals surface area contributed by atoms with E-state index in [4.69, 9.17) is 23.2 Å². The Morgan fingerprint density at radius 3 is 1.76 bits per heavy atom. The van der Waals surface area contributed by atoms with Crippen LogP contribution in [0, 0.1) is 30.3 Å².